The fourth-order valence-corrected chi connectivity index (χ4v) is 0.463. The van der Waals surface area contributed by atoms with Crippen molar-refractivity contribution in [3.05, 3.63) is 0 Å². The van der Waals surface area contributed by atoms with E-state index >= 15 is 0 Å². The van der Waals surface area contributed by atoms with Crippen LogP contribution in [-0.2, 0) is 4.79 Å². The molecule has 1 heteroatoms. The van der Waals surface area contributed by atoms with E-state index in [0.717, 1.165) is 6.42 Å². The number of ketones is 1. The van der Waals surface area contributed by atoms with Crippen LogP contribution >= 0.6 is 0 Å². The van der Waals surface area contributed by atoms with E-state index in [2.05, 4.69) is 0 Å². The van der Waals surface area contributed by atoms with Crippen LogP contribution < -0.4 is 0 Å². The van der Waals surface area contributed by atoms with Gasteiger partial charge in [0.05, 0.1) is 0 Å². The molecular weight excluding hydrogens is 100 g/mol. The molecule has 0 aliphatic rings. The van der Waals surface area contributed by atoms with Crippen molar-refractivity contribution in [1.82, 2.24) is 0 Å². The Labute approximate surface area is 52.5 Å². The van der Waals surface area contributed by atoms with Crippen molar-refractivity contribution in [2.75, 3.05) is 0 Å². The SMILES string of the molecule is [2H]CCCC(=O)C(C)C. The van der Waals surface area contributed by atoms with E-state index in [4.69, 9.17) is 1.37 Å². The summed E-state index contributed by atoms with van der Waals surface area (Å²) in [5.41, 5.74) is 0. The van der Waals surface area contributed by atoms with Gasteiger partial charge in [0.15, 0.2) is 0 Å². The van der Waals surface area contributed by atoms with Crippen molar-refractivity contribution in [3.8, 4) is 0 Å². The zero-order valence-electron chi connectivity index (χ0n) is 6.61. The van der Waals surface area contributed by atoms with Gasteiger partial charge in [0, 0.05) is 13.7 Å². The first-order chi connectivity index (χ1) is 4.18. The predicted octanol–water partition coefficient (Wildman–Crippen LogP) is 2.01. The molecule has 0 aromatic carbocycles. The summed E-state index contributed by atoms with van der Waals surface area (Å²) >= 11 is 0. The summed E-state index contributed by atoms with van der Waals surface area (Å²) in [4.78, 5) is 10.8. The molecule has 0 rings (SSSR count). The highest BCUT2D eigenvalue weighted by Gasteiger charge is 2.03. The summed E-state index contributed by atoms with van der Waals surface area (Å²) in [5, 5.41) is 0. The first-order valence-corrected chi connectivity index (χ1v) is 3.00. The maximum absolute atomic E-state index is 10.8. The molecule has 48 valence electrons. The number of hydrogen-bond donors (Lipinski definition) is 0. The van der Waals surface area contributed by atoms with Gasteiger partial charge in [-0.15, -0.1) is 0 Å². The second kappa shape index (κ2) is 3.65. The van der Waals surface area contributed by atoms with Crippen molar-refractivity contribution >= 4 is 5.78 Å². The van der Waals surface area contributed by atoms with Crippen LogP contribution in [0.2, 0.25) is 0 Å². The lowest BCUT2D eigenvalue weighted by atomic mass is 10.1. The molecule has 1 nitrogen and oxygen atoms in total. The van der Waals surface area contributed by atoms with Gasteiger partial charge in [-0.05, 0) is 6.42 Å². The summed E-state index contributed by atoms with van der Waals surface area (Å²) in [5.74, 6) is 0.429. The van der Waals surface area contributed by atoms with Crippen LogP contribution in [0.25, 0.3) is 0 Å². The van der Waals surface area contributed by atoms with Crippen LogP contribution in [0, 0.1) is 5.92 Å². The van der Waals surface area contributed by atoms with E-state index in [1.807, 2.05) is 13.8 Å². The van der Waals surface area contributed by atoms with Crippen LogP contribution in [0.5, 0.6) is 0 Å². The van der Waals surface area contributed by atoms with Gasteiger partial charge >= 0.3 is 0 Å². The second-order valence-corrected chi connectivity index (χ2v) is 2.22. The molecule has 8 heavy (non-hydrogen) atoms. The molecule has 0 bridgehead atoms. The Morgan fingerprint density at radius 2 is 2.38 bits per heavy atom. The molecule has 0 saturated carbocycles. The minimum absolute atomic E-state index is 0.150. The first-order valence-electron chi connectivity index (χ1n) is 3.71. The Bertz CT molecular complexity index is 88.9. The topological polar surface area (TPSA) is 17.1 Å². The number of Topliss-reactive ketones (excluding diaryl/α,β-unsaturated/α-hetero) is 1. The van der Waals surface area contributed by atoms with Gasteiger partial charge in [-0.2, -0.15) is 0 Å². The Morgan fingerprint density at radius 3 is 2.75 bits per heavy atom. The molecule has 0 unspecified atom stereocenters. The lowest BCUT2D eigenvalue weighted by molar-refractivity contribution is -0.121. The zero-order valence-corrected chi connectivity index (χ0v) is 5.61. The highest BCUT2D eigenvalue weighted by atomic mass is 16.1. The van der Waals surface area contributed by atoms with Crippen molar-refractivity contribution < 1.29 is 6.17 Å². The second-order valence-electron chi connectivity index (χ2n) is 2.22. The summed E-state index contributed by atoms with van der Waals surface area (Å²) in [6.45, 7) is 4.16. The third kappa shape index (κ3) is 2.78. The minimum Gasteiger partial charge on any atom is -0.299 e. The van der Waals surface area contributed by atoms with Gasteiger partial charge in [0.1, 0.15) is 5.78 Å². The Balaban J connectivity index is 3.28. The summed E-state index contributed by atoms with van der Waals surface area (Å²) in [6, 6.07) is 0. The number of carbonyl (C=O) groups excluding carboxylic acids is 1. The maximum atomic E-state index is 10.8. The highest BCUT2D eigenvalue weighted by molar-refractivity contribution is 5.80. The maximum Gasteiger partial charge on any atom is 0.135 e. The van der Waals surface area contributed by atoms with E-state index < -0.39 is 0 Å². The van der Waals surface area contributed by atoms with E-state index in [1.165, 1.54) is 0 Å². The molecular formula is C7H14O. The fraction of sp³-hybridized carbons (Fsp3) is 0.857. The van der Waals surface area contributed by atoms with Crippen LogP contribution in [-0.4, -0.2) is 5.78 Å². The predicted molar refractivity (Wildman–Crippen MR) is 34.8 cm³/mol. The van der Waals surface area contributed by atoms with Crippen LogP contribution in [0.3, 0.4) is 0 Å². The van der Waals surface area contributed by atoms with Gasteiger partial charge < -0.3 is 0 Å². The zero-order chi connectivity index (χ0) is 7.28. The third-order valence-corrected chi connectivity index (χ3v) is 1.07. The molecule has 0 amide bonds. The number of rotatable bonds is 3. The molecule has 0 aliphatic heterocycles. The Hall–Kier alpha value is -0.330. The van der Waals surface area contributed by atoms with Crippen molar-refractivity contribution in [2.24, 2.45) is 5.92 Å². The summed E-state index contributed by atoms with van der Waals surface area (Å²) < 4.78 is 6.78. The smallest absolute Gasteiger partial charge is 0.135 e. The summed E-state index contributed by atoms with van der Waals surface area (Å²) in [7, 11) is 0. The van der Waals surface area contributed by atoms with Crippen LogP contribution in [0.4, 0.5) is 0 Å². The molecule has 0 saturated heterocycles. The van der Waals surface area contributed by atoms with Gasteiger partial charge in [0.25, 0.3) is 0 Å². The van der Waals surface area contributed by atoms with Crippen LogP contribution in [0.15, 0.2) is 0 Å². The van der Waals surface area contributed by atoms with Gasteiger partial charge in [0.2, 0.25) is 0 Å². The molecule has 0 N–H and O–H groups in total. The van der Waals surface area contributed by atoms with E-state index in [1.54, 1.807) is 0 Å². The molecule has 0 spiro atoms. The van der Waals surface area contributed by atoms with Crippen molar-refractivity contribution in [2.45, 2.75) is 33.6 Å². The van der Waals surface area contributed by atoms with Crippen molar-refractivity contribution in [1.29, 1.82) is 0 Å². The van der Waals surface area contributed by atoms with Gasteiger partial charge in [-0.1, -0.05) is 20.7 Å². The largest absolute Gasteiger partial charge is 0.299 e. The molecule has 0 aliphatic carbocycles. The first kappa shape index (κ1) is 5.80. The third-order valence-electron chi connectivity index (χ3n) is 1.07. The molecule has 0 heterocycles. The standard InChI is InChI=1S/C7H14O/c1-4-5-7(8)6(2)3/h6H,4-5H2,1-3H3/i1D. The quantitative estimate of drug-likeness (QED) is 0.550. The average Bonchev–Trinajstić information content (AvgIpc) is 1.82. The van der Waals surface area contributed by atoms with Gasteiger partial charge in [-0.3, -0.25) is 4.79 Å². The van der Waals surface area contributed by atoms with Crippen molar-refractivity contribution in [3.63, 3.8) is 0 Å². The lowest BCUT2D eigenvalue weighted by Crippen LogP contribution is -2.04. The van der Waals surface area contributed by atoms with E-state index in [-0.39, 0.29) is 11.7 Å². The monoisotopic (exact) mass is 115 g/mol. The molecule has 0 fully saturated rings. The normalized spacial score (nSPS) is 11.6. The van der Waals surface area contributed by atoms with Gasteiger partial charge in [-0.25, -0.2) is 0 Å². The molecule has 0 aromatic heterocycles. The Morgan fingerprint density at radius 1 is 1.75 bits per heavy atom. The average molecular weight is 115 g/mol. The molecule has 0 atom stereocenters. The van der Waals surface area contributed by atoms with E-state index in [9.17, 15) is 4.79 Å². The van der Waals surface area contributed by atoms with Crippen LogP contribution in [0.1, 0.15) is 35.0 Å². The Kier molecular flexibility index (Phi) is 2.64. The lowest BCUT2D eigenvalue weighted by Gasteiger charge is -1.98. The number of carbonyl (C=O) groups is 1. The highest BCUT2D eigenvalue weighted by Crippen LogP contribution is 1.99. The minimum atomic E-state index is 0.150. The number of hydrogen-bond acceptors (Lipinski definition) is 1. The fourth-order valence-electron chi connectivity index (χ4n) is 0.463. The van der Waals surface area contributed by atoms with E-state index in [0.29, 0.717) is 13.3 Å². The molecule has 0 radical (unpaired) electrons. The summed E-state index contributed by atoms with van der Waals surface area (Å²) in [6.07, 6.45) is 1.30. The molecule has 0 aromatic rings.